The van der Waals surface area contributed by atoms with E-state index in [9.17, 15) is 0 Å². The van der Waals surface area contributed by atoms with Crippen molar-refractivity contribution in [1.29, 1.82) is 0 Å². The Morgan fingerprint density at radius 1 is 1.46 bits per heavy atom. The summed E-state index contributed by atoms with van der Waals surface area (Å²) in [5, 5.41) is 3.68. The number of hydrogen-bond acceptors (Lipinski definition) is 2. The van der Waals surface area contributed by atoms with Crippen molar-refractivity contribution in [2.75, 3.05) is 19.6 Å². The van der Waals surface area contributed by atoms with Crippen LogP contribution in [-0.4, -0.2) is 36.6 Å². The molecular weight excluding hydrogens is 160 g/mol. The average Bonchev–Trinajstić information content (AvgIpc) is 2.61. The number of piperazine rings is 1. The van der Waals surface area contributed by atoms with Crippen LogP contribution in [0.25, 0.3) is 0 Å². The summed E-state index contributed by atoms with van der Waals surface area (Å²) in [4.78, 5) is 2.69. The van der Waals surface area contributed by atoms with E-state index in [2.05, 4.69) is 17.1 Å². The summed E-state index contributed by atoms with van der Waals surface area (Å²) in [7, 11) is 0. The third-order valence-corrected chi connectivity index (χ3v) is 3.50. The molecule has 2 heterocycles. The predicted molar refractivity (Wildman–Crippen MR) is 55.9 cm³/mol. The van der Waals surface area contributed by atoms with E-state index in [0.717, 1.165) is 12.1 Å². The van der Waals surface area contributed by atoms with E-state index in [1.54, 1.807) is 0 Å². The molecule has 2 fully saturated rings. The first-order valence-electron chi connectivity index (χ1n) is 5.87. The molecule has 76 valence electrons. The quantitative estimate of drug-likeness (QED) is 0.713. The SMILES string of the molecule is CCCC[C@H]1CN2CCCC2CN1. The van der Waals surface area contributed by atoms with Crippen LogP contribution in [0.5, 0.6) is 0 Å². The van der Waals surface area contributed by atoms with Gasteiger partial charge in [0, 0.05) is 25.2 Å². The fourth-order valence-corrected chi connectivity index (χ4v) is 2.66. The van der Waals surface area contributed by atoms with Crippen molar-refractivity contribution in [3.8, 4) is 0 Å². The molecule has 0 spiro atoms. The Labute approximate surface area is 81.7 Å². The van der Waals surface area contributed by atoms with Crippen LogP contribution in [0.15, 0.2) is 0 Å². The van der Waals surface area contributed by atoms with Crippen LogP contribution in [0.1, 0.15) is 39.0 Å². The fourth-order valence-electron chi connectivity index (χ4n) is 2.66. The molecule has 2 saturated heterocycles. The summed E-state index contributed by atoms with van der Waals surface area (Å²) >= 11 is 0. The Balaban J connectivity index is 1.76. The zero-order valence-corrected chi connectivity index (χ0v) is 8.76. The molecule has 0 radical (unpaired) electrons. The van der Waals surface area contributed by atoms with Crippen LogP contribution in [0.3, 0.4) is 0 Å². The molecule has 0 saturated carbocycles. The first-order valence-corrected chi connectivity index (χ1v) is 5.87. The molecule has 1 N–H and O–H groups in total. The second-order valence-corrected chi connectivity index (χ2v) is 4.54. The fraction of sp³-hybridized carbons (Fsp3) is 1.00. The summed E-state index contributed by atoms with van der Waals surface area (Å²) in [5.41, 5.74) is 0. The molecule has 0 aliphatic carbocycles. The molecule has 0 amide bonds. The lowest BCUT2D eigenvalue weighted by Crippen LogP contribution is -2.53. The standard InChI is InChI=1S/C11H22N2/c1-2-3-5-10-9-13-7-4-6-11(13)8-12-10/h10-12H,2-9H2,1H3/t10-,11?/m0/s1. The van der Waals surface area contributed by atoms with Crippen molar-refractivity contribution in [2.24, 2.45) is 0 Å². The van der Waals surface area contributed by atoms with Crippen LogP contribution in [-0.2, 0) is 0 Å². The summed E-state index contributed by atoms with van der Waals surface area (Å²) in [5.74, 6) is 0. The van der Waals surface area contributed by atoms with Crippen LogP contribution in [0.2, 0.25) is 0 Å². The van der Waals surface area contributed by atoms with Crippen LogP contribution >= 0.6 is 0 Å². The van der Waals surface area contributed by atoms with E-state index < -0.39 is 0 Å². The first-order chi connectivity index (χ1) is 6.40. The molecule has 1 unspecified atom stereocenters. The van der Waals surface area contributed by atoms with Gasteiger partial charge in [0.25, 0.3) is 0 Å². The number of nitrogens with one attached hydrogen (secondary N) is 1. The maximum Gasteiger partial charge on any atom is 0.0221 e. The van der Waals surface area contributed by atoms with Gasteiger partial charge in [-0.25, -0.2) is 0 Å². The van der Waals surface area contributed by atoms with Crippen molar-refractivity contribution in [3.63, 3.8) is 0 Å². The molecule has 0 aromatic carbocycles. The normalized spacial score (nSPS) is 34.8. The first kappa shape index (κ1) is 9.47. The minimum Gasteiger partial charge on any atom is -0.311 e. The van der Waals surface area contributed by atoms with Gasteiger partial charge in [-0.3, -0.25) is 4.90 Å². The van der Waals surface area contributed by atoms with Crippen molar-refractivity contribution in [2.45, 2.75) is 51.1 Å². The number of unbranched alkanes of at least 4 members (excludes halogenated alkanes) is 1. The van der Waals surface area contributed by atoms with Crippen molar-refractivity contribution in [3.05, 3.63) is 0 Å². The molecule has 2 atom stereocenters. The van der Waals surface area contributed by atoms with Gasteiger partial charge in [-0.1, -0.05) is 19.8 Å². The van der Waals surface area contributed by atoms with E-state index in [1.165, 1.54) is 51.7 Å². The summed E-state index contributed by atoms with van der Waals surface area (Å²) in [6, 6.07) is 1.66. The predicted octanol–water partition coefficient (Wildman–Crippen LogP) is 1.61. The van der Waals surface area contributed by atoms with E-state index in [-0.39, 0.29) is 0 Å². The Morgan fingerprint density at radius 2 is 2.38 bits per heavy atom. The van der Waals surface area contributed by atoms with Gasteiger partial charge in [-0.05, 0) is 25.8 Å². The Bertz CT molecular complexity index is 158. The Kier molecular flexibility index (Phi) is 3.23. The van der Waals surface area contributed by atoms with E-state index in [1.807, 2.05) is 0 Å². The van der Waals surface area contributed by atoms with Crippen molar-refractivity contribution in [1.82, 2.24) is 10.2 Å². The third kappa shape index (κ3) is 2.23. The second-order valence-electron chi connectivity index (χ2n) is 4.54. The Hall–Kier alpha value is -0.0800. The summed E-state index contributed by atoms with van der Waals surface area (Å²) < 4.78 is 0. The van der Waals surface area contributed by atoms with Gasteiger partial charge in [-0.2, -0.15) is 0 Å². The number of nitrogens with zero attached hydrogens (tertiary/aromatic N) is 1. The highest BCUT2D eigenvalue weighted by Gasteiger charge is 2.30. The molecule has 2 rings (SSSR count). The van der Waals surface area contributed by atoms with Crippen molar-refractivity contribution < 1.29 is 0 Å². The number of hydrogen-bond donors (Lipinski definition) is 1. The molecule has 2 aliphatic rings. The monoisotopic (exact) mass is 182 g/mol. The van der Waals surface area contributed by atoms with Gasteiger partial charge >= 0.3 is 0 Å². The lowest BCUT2D eigenvalue weighted by molar-refractivity contribution is 0.167. The molecule has 2 heteroatoms. The van der Waals surface area contributed by atoms with Crippen LogP contribution < -0.4 is 5.32 Å². The average molecular weight is 182 g/mol. The maximum atomic E-state index is 3.68. The van der Waals surface area contributed by atoms with E-state index in [4.69, 9.17) is 0 Å². The van der Waals surface area contributed by atoms with Gasteiger partial charge in [0.05, 0.1) is 0 Å². The molecule has 2 nitrogen and oxygen atoms in total. The molecule has 0 bridgehead atoms. The van der Waals surface area contributed by atoms with Gasteiger partial charge in [0.2, 0.25) is 0 Å². The third-order valence-electron chi connectivity index (χ3n) is 3.50. The lowest BCUT2D eigenvalue weighted by atomic mass is 10.1. The highest BCUT2D eigenvalue weighted by atomic mass is 15.2. The van der Waals surface area contributed by atoms with Gasteiger partial charge < -0.3 is 5.32 Å². The van der Waals surface area contributed by atoms with E-state index in [0.29, 0.717) is 0 Å². The van der Waals surface area contributed by atoms with Crippen molar-refractivity contribution >= 4 is 0 Å². The molecule has 0 aromatic heterocycles. The topological polar surface area (TPSA) is 15.3 Å². The van der Waals surface area contributed by atoms with E-state index >= 15 is 0 Å². The van der Waals surface area contributed by atoms with Gasteiger partial charge in [0.15, 0.2) is 0 Å². The minimum atomic E-state index is 0.786. The summed E-state index contributed by atoms with van der Waals surface area (Å²) in [6.07, 6.45) is 6.94. The van der Waals surface area contributed by atoms with Crippen LogP contribution in [0.4, 0.5) is 0 Å². The number of rotatable bonds is 3. The Morgan fingerprint density at radius 3 is 3.23 bits per heavy atom. The van der Waals surface area contributed by atoms with Gasteiger partial charge in [-0.15, -0.1) is 0 Å². The summed E-state index contributed by atoms with van der Waals surface area (Å²) in [6.45, 7) is 6.19. The molecule has 2 aliphatic heterocycles. The second kappa shape index (κ2) is 4.43. The largest absolute Gasteiger partial charge is 0.311 e. The van der Waals surface area contributed by atoms with Crippen LogP contribution in [0, 0.1) is 0 Å². The maximum absolute atomic E-state index is 3.68. The smallest absolute Gasteiger partial charge is 0.0221 e. The number of fused-ring (bicyclic) bond motifs is 1. The lowest BCUT2D eigenvalue weighted by Gasteiger charge is -2.36. The highest BCUT2D eigenvalue weighted by molar-refractivity contribution is 4.89. The zero-order valence-electron chi connectivity index (χ0n) is 8.76. The molecular formula is C11H22N2. The highest BCUT2D eigenvalue weighted by Crippen LogP contribution is 2.21. The zero-order chi connectivity index (χ0) is 9.10. The minimum absolute atomic E-state index is 0.786. The van der Waals surface area contributed by atoms with Gasteiger partial charge in [0.1, 0.15) is 0 Å². The molecule has 13 heavy (non-hydrogen) atoms. The molecule has 0 aromatic rings.